The van der Waals surface area contributed by atoms with Crippen LogP contribution in [0.1, 0.15) is 50.4 Å². The van der Waals surface area contributed by atoms with E-state index in [0.717, 1.165) is 24.3 Å². The normalized spacial score (nSPS) is 22.9. The zero-order chi connectivity index (χ0) is 33.4. The first-order valence-corrected chi connectivity index (χ1v) is 19.2. The summed E-state index contributed by atoms with van der Waals surface area (Å²) >= 11 is 6.07. The number of anilines is 2. The molecule has 252 valence electrons. The molecule has 3 aliphatic heterocycles. The number of benzene rings is 1. The molecule has 14 heteroatoms. The molecule has 1 aromatic carbocycles. The zero-order valence-corrected chi connectivity index (χ0v) is 29.3. The lowest BCUT2D eigenvalue weighted by atomic mass is 10.0. The van der Waals surface area contributed by atoms with Gasteiger partial charge in [-0.25, -0.2) is 0 Å². The second-order valence-electron chi connectivity index (χ2n) is 14.2. The fourth-order valence-electron chi connectivity index (χ4n) is 6.32. The molecule has 2 aromatic rings. The molecule has 0 unspecified atom stereocenters. The third kappa shape index (κ3) is 7.57. The number of fused-ring (bicyclic) bond motifs is 1. The number of nitrogens with one attached hydrogen (secondary N) is 1. The van der Waals surface area contributed by atoms with E-state index in [4.69, 9.17) is 30.7 Å². The van der Waals surface area contributed by atoms with Crippen LogP contribution in [0.2, 0.25) is 23.2 Å². The fourth-order valence-corrected chi connectivity index (χ4v) is 7.95. The Balaban J connectivity index is 1.40. The molecule has 5 rings (SSSR count). The van der Waals surface area contributed by atoms with Gasteiger partial charge in [-0.3, -0.25) is 4.90 Å². The number of likely N-dealkylation sites (tertiary alicyclic amines) is 1. The molecule has 3 atom stereocenters. The van der Waals surface area contributed by atoms with Crippen molar-refractivity contribution < 1.29 is 22.3 Å². The first-order valence-electron chi connectivity index (χ1n) is 15.9. The number of hydrogen-bond donors (Lipinski definition) is 1. The van der Waals surface area contributed by atoms with Crippen molar-refractivity contribution in [3.05, 3.63) is 40.0 Å². The summed E-state index contributed by atoms with van der Waals surface area (Å²) in [7, 11) is 0.137. The number of likely N-dealkylation sites (N-methyl/N-ethyl adjacent to an activating group) is 1. The summed E-state index contributed by atoms with van der Waals surface area (Å²) in [4.78, 5) is 15.8. The molecule has 1 N–H and O–H groups in total. The Morgan fingerprint density at radius 1 is 1.13 bits per heavy atom. The minimum Gasteiger partial charge on any atom is -0.462 e. The van der Waals surface area contributed by atoms with Gasteiger partial charge in [0.25, 0.3) is 0 Å². The Morgan fingerprint density at radius 3 is 2.59 bits per heavy atom. The van der Waals surface area contributed by atoms with Gasteiger partial charge in [-0.2, -0.15) is 28.4 Å². The number of halogens is 4. The summed E-state index contributed by atoms with van der Waals surface area (Å²) in [6.07, 6.45) is -2.83. The highest BCUT2D eigenvalue weighted by Crippen LogP contribution is 2.43. The molecule has 2 saturated heterocycles. The maximum absolute atomic E-state index is 14.1. The number of hydrogen-bond acceptors (Lipinski definition) is 9. The van der Waals surface area contributed by atoms with E-state index in [2.05, 4.69) is 62.1 Å². The minimum absolute atomic E-state index is 0.0143. The van der Waals surface area contributed by atoms with Gasteiger partial charge in [0.05, 0.1) is 47.1 Å². The van der Waals surface area contributed by atoms with E-state index in [1.165, 1.54) is 12.1 Å². The Bertz CT molecular complexity index is 1450. The predicted molar refractivity (Wildman–Crippen MR) is 176 cm³/mol. The minimum atomic E-state index is -4.60. The molecule has 3 aliphatic rings. The second-order valence-corrected chi connectivity index (χ2v) is 19.3. The van der Waals surface area contributed by atoms with E-state index < -0.39 is 20.1 Å². The zero-order valence-electron chi connectivity index (χ0n) is 27.5. The van der Waals surface area contributed by atoms with E-state index in [9.17, 15) is 18.4 Å². The number of ether oxygens (including phenoxy) is 1. The molecule has 1 aromatic heterocycles. The van der Waals surface area contributed by atoms with Crippen LogP contribution < -0.4 is 19.9 Å². The van der Waals surface area contributed by atoms with E-state index in [1.807, 2.05) is 0 Å². The largest absolute Gasteiger partial charge is 0.462 e. The molecular formula is C32H45ClF3N7O2Si. The van der Waals surface area contributed by atoms with Crippen LogP contribution in [0.4, 0.5) is 24.7 Å². The van der Waals surface area contributed by atoms with Gasteiger partial charge in [-0.1, -0.05) is 38.4 Å². The van der Waals surface area contributed by atoms with E-state index in [0.29, 0.717) is 51.3 Å². The highest BCUT2D eigenvalue weighted by molar-refractivity contribution is 6.74. The third-order valence-electron chi connectivity index (χ3n) is 9.85. The van der Waals surface area contributed by atoms with Gasteiger partial charge < -0.3 is 24.3 Å². The summed E-state index contributed by atoms with van der Waals surface area (Å²) < 4.78 is 55.2. The number of aromatic nitrogens is 2. The molecule has 0 radical (unpaired) electrons. The van der Waals surface area contributed by atoms with Crippen molar-refractivity contribution in [2.45, 2.75) is 89.1 Å². The fraction of sp³-hybridized carbons (Fsp3) is 0.656. The molecule has 0 amide bonds. The van der Waals surface area contributed by atoms with Gasteiger partial charge in [0.15, 0.2) is 8.32 Å². The lowest BCUT2D eigenvalue weighted by Gasteiger charge is -2.38. The van der Waals surface area contributed by atoms with Gasteiger partial charge in [0, 0.05) is 50.4 Å². The number of rotatable bonds is 8. The van der Waals surface area contributed by atoms with Crippen LogP contribution in [0.25, 0.3) is 0 Å². The van der Waals surface area contributed by atoms with E-state index >= 15 is 0 Å². The molecule has 4 heterocycles. The van der Waals surface area contributed by atoms with Crippen LogP contribution in [-0.2, 0) is 23.6 Å². The molecule has 9 nitrogen and oxygen atoms in total. The Hall–Kier alpha value is -2.63. The quantitative estimate of drug-likeness (QED) is 0.344. The maximum Gasteiger partial charge on any atom is 0.419 e. The number of alkyl halides is 3. The Kier molecular flexibility index (Phi) is 10.2. The van der Waals surface area contributed by atoms with Gasteiger partial charge in [0.1, 0.15) is 12.4 Å². The SMILES string of the molecule is CN1C[C@H](O[Si](C)(C)C(C)(C)C)C[C@H]1COc1nc2c(c(N3CCN[C@@H](CC#N)C3)n1)CCN(c1cccc(Cl)c1C(F)(F)F)C2. The standard InChI is InChI=1S/C32H45ClF3N7O2Si/c1-31(2,3)46(5,6)45-23-16-22(41(4)18-23)20-44-30-39-26-19-42(27-9-7-8-25(33)28(27)32(34,35)36)14-11-24(26)29(40-30)43-15-13-38-21(17-43)10-12-37/h7-9,21-23,38H,10-11,13-20H2,1-6H3/t21-,22-,23+/m0/s1. The second kappa shape index (κ2) is 13.5. The molecule has 0 bridgehead atoms. The van der Waals surface area contributed by atoms with Crippen LogP contribution >= 0.6 is 11.6 Å². The van der Waals surface area contributed by atoms with Crippen LogP contribution in [-0.4, -0.2) is 87.8 Å². The van der Waals surface area contributed by atoms with Crippen molar-refractivity contribution in [3.8, 4) is 12.1 Å². The topological polar surface area (TPSA) is 89.8 Å². The molecule has 0 spiro atoms. The molecule has 0 saturated carbocycles. The first-order chi connectivity index (χ1) is 21.6. The van der Waals surface area contributed by atoms with E-state index in [1.54, 1.807) is 11.0 Å². The third-order valence-corrected chi connectivity index (χ3v) is 14.7. The summed E-state index contributed by atoms with van der Waals surface area (Å²) in [5, 5.41) is 12.5. The van der Waals surface area contributed by atoms with Crippen molar-refractivity contribution in [1.29, 1.82) is 5.26 Å². The molecule has 46 heavy (non-hydrogen) atoms. The van der Waals surface area contributed by atoms with Crippen molar-refractivity contribution in [2.75, 3.05) is 56.2 Å². The van der Waals surface area contributed by atoms with Gasteiger partial charge in [-0.15, -0.1) is 0 Å². The molecule has 0 aliphatic carbocycles. The predicted octanol–water partition coefficient (Wildman–Crippen LogP) is 5.88. The lowest BCUT2D eigenvalue weighted by Crippen LogP contribution is -2.51. The van der Waals surface area contributed by atoms with Crippen molar-refractivity contribution in [1.82, 2.24) is 20.2 Å². The summed E-state index contributed by atoms with van der Waals surface area (Å²) in [5.74, 6) is 0.727. The number of nitriles is 1. The highest BCUT2D eigenvalue weighted by atomic mass is 35.5. The number of piperazine rings is 1. The van der Waals surface area contributed by atoms with Gasteiger partial charge in [-0.05, 0) is 50.2 Å². The van der Waals surface area contributed by atoms with Gasteiger partial charge >= 0.3 is 12.2 Å². The Morgan fingerprint density at radius 2 is 1.89 bits per heavy atom. The Labute approximate surface area is 276 Å². The van der Waals surface area contributed by atoms with Crippen molar-refractivity contribution in [3.63, 3.8) is 0 Å². The lowest BCUT2D eigenvalue weighted by molar-refractivity contribution is -0.137. The summed E-state index contributed by atoms with van der Waals surface area (Å²) in [5.41, 5.74) is 0.724. The van der Waals surface area contributed by atoms with Crippen LogP contribution in [0.15, 0.2) is 18.2 Å². The smallest absolute Gasteiger partial charge is 0.419 e. The van der Waals surface area contributed by atoms with Crippen molar-refractivity contribution >= 4 is 31.4 Å². The number of nitrogens with zero attached hydrogens (tertiary/aromatic N) is 6. The summed E-state index contributed by atoms with van der Waals surface area (Å²) in [6, 6.07) is 6.80. The molecule has 2 fully saturated rings. The van der Waals surface area contributed by atoms with Crippen LogP contribution in [0, 0.1) is 11.3 Å². The van der Waals surface area contributed by atoms with E-state index in [-0.39, 0.29) is 46.5 Å². The van der Waals surface area contributed by atoms with Gasteiger partial charge in [0.2, 0.25) is 0 Å². The average Bonchev–Trinajstić information content (AvgIpc) is 3.32. The average molecular weight is 680 g/mol. The van der Waals surface area contributed by atoms with Crippen LogP contribution in [0.5, 0.6) is 6.01 Å². The monoisotopic (exact) mass is 679 g/mol. The van der Waals surface area contributed by atoms with Crippen molar-refractivity contribution in [2.24, 2.45) is 0 Å². The maximum atomic E-state index is 14.1. The highest BCUT2D eigenvalue weighted by Gasteiger charge is 2.42. The molecular weight excluding hydrogens is 635 g/mol. The first kappa shape index (κ1) is 34.7. The summed E-state index contributed by atoms with van der Waals surface area (Å²) in [6.45, 7) is 14.9. The van der Waals surface area contributed by atoms with Crippen LogP contribution in [0.3, 0.4) is 0 Å².